The zero-order valence-electron chi connectivity index (χ0n) is 11.5. The van der Waals surface area contributed by atoms with Crippen molar-refractivity contribution in [1.82, 2.24) is 0 Å². The Bertz CT molecular complexity index is 243. The predicted octanol–water partition coefficient (Wildman–Crippen LogP) is 3.28. The van der Waals surface area contributed by atoms with Gasteiger partial charge in [0.1, 0.15) is 0 Å². The Kier molecular flexibility index (Phi) is 11.4. The first-order chi connectivity index (χ1) is 8.63. The van der Waals surface area contributed by atoms with E-state index in [1.807, 2.05) is 0 Å². The molecule has 0 aromatic carbocycles. The minimum absolute atomic E-state index is 0.435. The lowest BCUT2D eigenvalue weighted by molar-refractivity contribution is -0.140. The molecule has 0 aromatic heterocycles. The van der Waals surface area contributed by atoms with E-state index in [9.17, 15) is 9.00 Å². The van der Waals surface area contributed by atoms with Crippen LogP contribution in [0.5, 0.6) is 0 Å². The first-order valence-corrected chi connectivity index (χ1v) is 7.98. The van der Waals surface area contributed by atoms with E-state index in [0.717, 1.165) is 19.3 Å². The fourth-order valence-corrected chi connectivity index (χ4v) is 2.53. The van der Waals surface area contributed by atoms with Crippen molar-refractivity contribution in [2.45, 2.75) is 70.0 Å². The maximum Gasteiger partial charge on any atom is 0.323 e. The molecular formula is C13H26O4S. The molecule has 4 nitrogen and oxygen atoms in total. The molecule has 0 fully saturated rings. The first kappa shape index (κ1) is 17.6. The van der Waals surface area contributed by atoms with Crippen LogP contribution in [0.1, 0.15) is 64.7 Å². The van der Waals surface area contributed by atoms with E-state index in [-0.39, 0.29) is 0 Å². The molecule has 2 atom stereocenters. The third-order valence-electron chi connectivity index (χ3n) is 3.03. The second kappa shape index (κ2) is 11.7. The highest BCUT2D eigenvalue weighted by atomic mass is 32.2. The fourth-order valence-electron chi connectivity index (χ4n) is 1.90. The van der Waals surface area contributed by atoms with Crippen LogP contribution >= 0.6 is 0 Å². The van der Waals surface area contributed by atoms with Crippen molar-refractivity contribution in [2.24, 2.45) is 0 Å². The third-order valence-corrected chi connectivity index (χ3v) is 3.94. The van der Waals surface area contributed by atoms with Crippen LogP contribution in [0.4, 0.5) is 0 Å². The van der Waals surface area contributed by atoms with Gasteiger partial charge in [0.05, 0.1) is 7.11 Å². The molecule has 0 aliphatic heterocycles. The molecule has 0 heterocycles. The predicted molar refractivity (Wildman–Crippen MR) is 73.8 cm³/mol. The summed E-state index contributed by atoms with van der Waals surface area (Å²) in [6, 6.07) is 0. The van der Waals surface area contributed by atoms with Gasteiger partial charge < -0.3 is 9.29 Å². The Morgan fingerprint density at radius 2 is 1.61 bits per heavy atom. The van der Waals surface area contributed by atoms with Gasteiger partial charge in [-0.15, -0.1) is 0 Å². The molecule has 5 heteroatoms. The summed E-state index contributed by atoms with van der Waals surface area (Å²) < 4.78 is 24.4. The van der Waals surface area contributed by atoms with Gasteiger partial charge in [-0.3, -0.25) is 4.79 Å². The van der Waals surface area contributed by atoms with E-state index in [1.54, 1.807) is 0 Å². The number of rotatable bonds is 11. The number of methoxy groups -OCH3 is 1. The number of esters is 1. The summed E-state index contributed by atoms with van der Waals surface area (Å²) >= 11 is -2.12. The molecule has 1 N–H and O–H groups in total. The van der Waals surface area contributed by atoms with Crippen LogP contribution in [0.3, 0.4) is 0 Å². The highest BCUT2D eigenvalue weighted by molar-refractivity contribution is 7.80. The van der Waals surface area contributed by atoms with Crippen LogP contribution in [0.15, 0.2) is 0 Å². The number of unbranched alkanes of at least 4 members (excludes halogenated alkanes) is 7. The SMILES string of the molecule is CCCCCCCCCCC(C(=O)OC)S(=O)O. The van der Waals surface area contributed by atoms with Gasteiger partial charge in [0, 0.05) is 0 Å². The van der Waals surface area contributed by atoms with Crippen LogP contribution in [-0.4, -0.2) is 27.1 Å². The highest BCUT2D eigenvalue weighted by Crippen LogP contribution is 2.13. The molecule has 0 saturated heterocycles. The van der Waals surface area contributed by atoms with E-state index in [1.165, 1.54) is 39.2 Å². The first-order valence-electron chi connectivity index (χ1n) is 6.81. The van der Waals surface area contributed by atoms with Crippen molar-refractivity contribution in [2.75, 3.05) is 7.11 Å². The average Bonchev–Trinajstić information content (AvgIpc) is 2.35. The number of carbonyl (C=O) groups is 1. The van der Waals surface area contributed by atoms with Crippen LogP contribution in [0, 0.1) is 0 Å². The normalized spacial score (nSPS) is 14.2. The van der Waals surface area contributed by atoms with Gasteiger partial charge in [-0.1, -0.05) is 58.3 Å². The maximum absolute atomic E-state index is 11.2. The van der Waals surface area contributed by atoms with Crippen molar-refractivity contribution < 1.29 is 18.3 Å². The summed E-state index contributed by atoms with van der Waals surface area (Å²) in [5, 5.41) is -0.880. The van der Waals surface area contributed by atoms with E-state index >= 15 is 0 Å². The topological polar surface area (TPSA) is 63.6 Å². The average molecular weight is 278 g/mol. The Hall–Kier alpha value is -0.420. The van der Waals surface area contributed by atoms with Crippen molar-refractivity contribution in [3.8, 4) is 0 Å². The Morgan fingerprint density at radius 3 is 2.06 bits per heavy atom. The van der Waals surface area contributed by atoms with Crippen LogP contribution in [-0.2, 0) is 20.6 Å². The molecule has 0 amide bonds. The summed E-state index contributed by atoms with van der Waals surface area (Å²) in [5.74, 6) is -0.584. The van der Waals surface area contributed by atoms with Gasteiger partial charge in [0.25, 0.3) is 0 Å². The molecule has 0 rings (SSSR count). The minimum atomic E-state index is -2.12. The lowest BCUT2D eigenvalue weighted by Crippen LogP contribution is -2.26. The number of hydrogen-bond acceptors (Lipinski definition) is 3. The van der Waals surface area contributed by atoms with Crippen LogP contribution in [0.25, 0.3) is 0 Å². The molecule has 18 heavy (non-hydrogen) atoms. The summed E-state index contributed by atoms with van der Waals surface area (Å²) in [4.78, 5) is 11.2. The van der Waals surface area contributed by atoms with E-state index < -0.39 is 22.3 Å². The summed E-state index contributed by atoms with van der Waals surface area (Å²) in [5.41, 5.74) is 0. The van der Waals surface area contributed by atoms with Crippen LogP contribution < -0.4 is 0 Å². The fraction of sp³-hybridized carbons (Fsp3) is 0.923. The molecule has 2 unspecified atom stereocenters. The van der Waals surface area contributed by atoms with E-state index in [0.29, 0.717) is 6.42 Å². The van der Waals surface area contributed by atoms with Crippen molar-refractivity contribution in [3.63, 3.8) is 0 Å². The largest absolute Gasteiger partial charge is 0.468 e. The van der Waals surface area contributed by atoms with Gasteiger partial charge in [-0.25, -0.2) is 4.21 Å². The molecule has 0 saturated carbocycles. The second-order valence-corrected chi connectivity index (χ2v) is 5.67. The summed E-state index contributed by atoms with van der Waals surface area (Å²) in [6.07, 6.45) is 9.71. The van der Waals surface area contributed by atoms with Crippen molar-refractivity contribution in [1.29, 1.82) is 0 Å². The summed E-state index contributed by atoms with van der Waals surface area (Å²) in [7, 11) is 1.25. The molecule has 0 aliphatic rings. The van der Waals surface area contributed by atoms with Gasteiger partial charge in [0.2, 0.25) is 0 Å². The number of carbonyl (C=O) groups excluding carboxylic acids is 1. The molecule has 0 aromatic rings. The molecular weight excluding hydrogens is 252 g/mol. The maximum atomic E-state index is 11.2. The molecule has 0 radical (unpaired) electrons. The Balaban J connectivity index is 3.56. The molecule has 108 valence electrons. The van der Waals surface area contributed by atoms with Crippen molar-refractivity contribution >= 4 is 17.0 Å². The standard InChI is InChI=1S/C13H26O4S/c1-3-4-5-6-7-8-9-10-11-12(18(15)16)13(14)17-2/h12H,3-11H2,1-2H3,(H,15,16). The second-order valence-electron chi connectivity index (χ2n) is 4.55. The number of hydrogen-bond donors (Lipinski definition) is 1. The van der Waals surface area contributed by atoms with Gasteiger partial charge >= 0.3 is 5.97 Å². The van der Waals surface area contributed by atoms with E-state index in [4.69, 9.17) is 4.55 Å². The lowest BCUT2D eigenvalue weighted by Gasteiger charge is -2.10. The van der Waals surface area contributed by atoms with E-state index in [2.05, 4.69) is 11.7 Å². The van der Waals surface area contributed by atoms with Gasteiger partial charge in [-0.05, 0) is 6.42 Å². The minimum Gasteiger partial charge on any atom is -0.468 e. The third kappa shape index (κ3) is 8.64. The van der Waals surface area contributed by atoms with Crippen molar-refractivity contribution in [3.05, 3.63) is 0 Å². The molecule has 0 spiro atoms. The monoisotopic (exact) mass is 278 g/mol. The molecule has 0 aliphatic carbocycles. The lowest BCUT2D eigenvalue weighted by atomic mass is 10.1. The zero-order valence-corrected chi connectivity index (χ0v) is 12.3. The zero-order chi connectivity index (χ0) is 13.8. The van der Waals surface area contributed by atoms with Crippen LogP contribution in [0.2, 0.25) is 0 Å². The highest BCUT2D eigenvalue weighted by Gasteiger charge is 2.24. The Morgan fingerprint density at radius 1 is 1.11 bits per heavy atom. The Labute approximate surface area is 113 Å². The van der Waals surface area contributed by atoms with Gasteiger partial charge in [-0.2, -0.15) is 0 Å². The summed E-state index contributed by atoms with van der Waals surface area (Å²) in [6.45, 7) is 2.20. The smallest absolute Gasteiger partial charge is 0.323 e. The number of ether oxygens (including phenoxy) is 1. The van der Waals surface area contributed by atoms with Gasteiger partial charge in [0.15, 0.2) is 16.3 Å². The quantitative estimate of drug-likeness (QED) is 0.358. The molecule has 0 bridgehead atoms.